The van der Waals surface area contributed by atoms with Crippen LogP contribution in [-0.2, 0) is 15.3 Å². The van der Waals surface area contributed by atoms with E-state index in [1.807, 2.05) is 78.3 Å². The summed E-state index contributed by atoms with van der Waals surface area (Å²) in [4.78, 5) is 30.4. The van der Waals surface area contributed by atoms with Crippen molar-refractivity contribution >= 4 is 29.3 Å². The third-order valence-electron chi connectivity index (χ3n) is 5.30. The Hall–Kier alpha value is -3.58. The highest BCUT2D eigenvalue weighted by Crippen LogP contribution is 2.24. The maximum Gasteiger partial charge on any atom is 0.307 e. The number of methoxy groups -OCH3 is 1. The number of carbonyl (C=O) groups excluding carboxylic acids is 2. The van der Waals surface area contributed by atoms with Crippen LogP contribution in [0.2, 0.25) is 0 Å². The first kappa shape index (κ1) is 22.6. The number of aryl methyl sites for hydroxylation is 1. The van der Waals surface area contributed by atoms with Crippen LogP contribution < -0.4 is 5.32 Å². The quantitative estimate of drug-likeness (QED) is 0.298. The average Bonchev–Trinajstić information content (AvgIpc) is 3.26. The molecule has 0 saturated heterocycles. The van der Waals surface area contributed by atoms with E-state index in [0.717, 1.165) is 33.1 Å². The van der Waals surface area contributed by atoms with Gasteiger partial charge in [-0.15, -0.1) is 11.8 Å². The molecule has 0 saturated carbocycles. The molecule has 6 nitrogen and oxygen atoms in total. The molecule has 0 aliphatic carbocycles. The van der Waals surface area contributed by atoms with Crippen molar-refractivity contribution in [1.82, 2.24) is 14.7 Å². The minimum atomic E-state index is -0.463. The van der Waals surface area contributed by atoms with E-state index in [9.17, 15) is 9.59 Å². The number of ether oxygens (including phenoxy) is 1. The summed E-state index contributed by atoms with van der Waals surface area (Å²) < 4.78 is 6.81. The number of nitrogens with one attached hydrogen (secondary N) is 1. The number of nitrogens with zero attached hydrogens (tertiary/aromatic N) is 2. The van der Waals surface area contributed by atoms with Crippen LogP contribution >= 0.6 is 11.8 Å². The van der Waals surface area contributed by atoms with Crippen molar-refractivity contribution in [2.75, 3.05) is 7.11 Å². The molecular formula is C26H25N3O3S. The highest BCUT2D eigenvalue weighted by atomic mass is 32.2. The average molecular weight is 460 g/mol. The fraction of sp³-hybridized carbons (Fsp3) is 0.192. The first-order chi connectivity index (χ1) is 16.0. The minimum Gasteiger partial charge on any atom is -0.469 e. The van der Waals surface area contributed by atoms with E-state index in [-0.39, 0.29) is 18.3 Å². The van der Waals surface area contributed by atoms with Gasteiger partial charge in [0.25, 0.3) is 5.91 Å². The summed E-state index contributed by atoms with van der Waals surface area (Å²) >= 11 is 1.66. The van der Waals surface area contributed by atoms with Crippen LogP contribution in [0.5, 0.6) is 0 Å². The van der Waals surface area contributed by atoms with Crippen LogP contribution in [0.1, 0.15) is 39.6 Å². The molecule has 0 radical (unpaired) electrons. The van der Waals surface area contributed by atoms with Gasteiger partial charge >= 0.3 is 5.97 Å². The Balaban J connectivity index is 1.40. The third kappa shape index (κ3) is 5.81. The molecule has 0 spiro atoms. The van der Waals surface area contributed by atoms with Gasteiger partial charge in [0.1, 0.15) is 5.65 Å². The number of pyridine rings is 1. The number of hydrogen-bond acceptors (Lipinski definition) is 5. The number of benzene rings is 2. The lowest BCUT2D eigenvalue weighted by atomic mass is 10.0. The zero-order valence-electron chi connectivity index (χ0n) is 18.5. The van der Waals surface area contributed by atoms with Gasteiger partial charge in [0.15, 0.2) is 0 Å². The molecule has 1 atom stereocenters. The highest BCUT2D eigenvalue weighted by Gasteiger charge is 2.20. The van der Waals surface area contributed by atoms with Gasteiger partial charge in [0.2, 0.25) is 0 Å². The van der Waals surface area contributed by atoms with Gasteiger partial charge in [-0.25, -0.2) is 4.98 Å². The van der Waals surface area contributed by atoms with E-state index in [1.54, 1.807) is 23.9 Å². The predicted octanol–water partition coefficient (Wildman–Crippen LogP) is 4.97. The molecule has 0 aliphatic heterocycles. The zero-order chi connectivity index (χ0) is 23.2. The van der Waals surface area contributed by atoms with Crippen molar-refractivity contribution in [2.24, 2.45) is 0 Å². The van der Waals surface area contributed by atoms with E-state index in [1.165, 1.54) is 7.11 Å². The van der Waals surface area contributed by atoms with Crippen molar-refractivity contribution in [3.8, 4) is 0 Å². The Morgan fingerprint density at radius 3 is 2.52 bits per heavy atom. The third-order valence-corrected chi connectivity index (χ3v) is 6.35. The topological polar surface area (TPSA) is 72.7 Å². The lowest BCUT2D eigenvalue weighted by Crippen LogP contribution is -2.30. The highest BCUT2D eigenvalue weighted by molar-refractivity contribution is 7.98. The summed E-state index contributed by atoms with van der Waals surface area (Å²) in [5, 5.41) is 2.97. The molecule has 0 fully saturated rings. The van der Waals surface area contributed by atoms with Crippen LogP contribution in [0, 0.1) is 6.92 Å². The number of aromatic nitrogens is 2. The van der Waals surface area contributed by atoms with Crippen molar-refractivity contribution in [1.29, 1.82) is 0 Å². The molecule has 7 heteroatoms. The summed E-state index contributed by atoms with van der Waals surface area (Å²) in [6.07, 6.45) is 4.07. The summed E-state index contributed by atoms with van der Waals surface area (Å²) in [5.41, 5.74) is 4.43. The SMILES string of the molecule is COC(=O)CC(NC(=O)c1ccc(SCc2cn3ccccc3n2)cc1)c1ccc(C)cc1. The number of hydrogen-bond donors (Lipinski definition) is 1. The number of fused-ring (bicyclic) bond motifs is 1. The standard InChI is InChI=1S/C26H25N3O3S/c1-18-6-8-19(9-7-18)23(15-25(30)32-2)28-26(31)20-10-12-22(13-11-20)33-17-21-16-29-14-4-3-5-24(29)27-21/h3-14,16,23H,15,17H2,1-2H3,(H,28,31). The Morgan fingerprint density at radius 2 is 1.82 bits per heavy atom. The van der Waals surface area contributed by atoms with Gasteiger partial charge in [-0.05, 0) is 48.9 Å². The molecule has 2 aromatic heterocycles. The Kier molecular flexibility index (Phi) is 7.10. The number of carbonyl (C=O) groups is 2. The molecule has 0 bridgehead atoms. The molecule has 1 amide bonds. The lowest BCUT2D eigenvalue weighted by Gasteiger charge is -2.18. The van der Waals surface area contributed by atoms with Crippen LogP contribution in [-0.4, -0.2) is 28.4 Å². The van der Waals surface area contributed by atoms with Crippen molar-refractivity contribution in [3.05, 3.63) is 102 Å². The first-order valence-corrected chi connectivity index (χ1v) is 11.6. The molecule has 4 aromatic rings. The van der Waals surface area contributed by atoms with Crippen molar-refractivity contribution in [2.45, 2.75) is 30.0 Å². The van der Waals surface area contributed by atoms with Gasteiger partial charge in [-0.3, -0.25) is 9.59 Å². The van der Waals surface area contributed by atoms with Crippen molar-refractivity contribution in [3.63, 3.8) is 0 Å². The lowest BCUT2D eigenvalue weighted by molar-refractivity contribution is -0.141. The van der Waals surface area contributed by atoms with Crippen molar-refractivity contribution < 1.29 is 14.3 Å². The minimum absolute atomic E-state index is 0.0677. The molecule has 168 valence electrons. The second-order valence-corrected chi connectivity index (χ2v) is 8.78. The predicted molar refractivity (Wildman–Crippen MR) is 129 cm³/mol. The summed E-state index contributed by atoms with van der Waals surface area (Å²) in [6.45, 7) is 1.99. The Bertz CT molecular complexity index is 1220. The fourth-order valence-corrected chi connectivity index (χ4v) is 4.24. The number of amides is 1. The monoisotopic (exact) mass is 459 g/mol. The van der Waals surface area contributed by atoms with Crippen LogP contribution in [0.3, 0.4) is 0 Å². The Labute approximate surface area is 197 Å². The van der Waals surface area contributed by atoms with Gasteiger partial charge in [-0.1, -0.05) is 35.9 Å². The van der Waals surface area contributed by atoms with Crippen LogP contribution in [0.4, 0.5) is 0 Å². The zero-order valence-corrected chi connectivity index (χ0v) is 19.3. The number of imidazole rings is 1. The summed E-state index contributed by atoms with van der Waals surface area (Å²) in [7, 11) is 1.35. The molecule has 2 heterocycles. The second-order valence-electron chi connectivity index (χ2n) is 7.73. The molecule has 4 rings (SSSR count). The molecule has 33 heavy (non-hydrogen) atoms. The molecule has 2 aromatic carbocycles. The first-order valence-electron chi connectivity index (χ1n) is 10.6. The van der Waals surface area contributed by atoms with Gasteiger partial charge in [-0.2, -0.15) is 0 Å². The largest absolute Gasteiger partial charge is 0.469 e. The van der Waals surface area contributed by atoms with Gasteiger partial charge < -0.3 is 14.5 Å². The van der Waals surface area contributed by atoms with E-state index < -0.39 is 6.04 Å². The van der Waals surface area contributed by atoms with Gasteiger partial charge in [0.05, 0.1) is 25.3 Å². The molecule has 1 N–H and O–H groups in total. The maximum absolute atomic E-state index is 12.9. The summed E-state index contributed by atoms with van der Waals surface area (Å²) in [5.74, 6) is 0.128. The van der Waals surface area contributed by atoms with Crippen LogP contribution in [0.15, 0.2) is 84.0 Å². The second kappa shape index (κ2) is 10.4. The number of rotatable bonds is 8. The maximum atomic E-state index is 12.9. The normalized spacial score (nSPS) is 11.8. The fourth-order valence-electron chi connectivity index (χ4n) is 3.46. The van der Waals surface area contributed by atoms with E-state index in [0.29, 0.717) is 5.56 Å². The summed E-state index contributed by atoms with van der Waals surface area (Å²) in [6, 6.07) is 20.7. The Morgan fingerprint density at radius 1 is 1.06 bits per heavy atom. The number of esters is 1. The van der Waals surface area contributed by atoms with E-state index in [4.69, 9.17) is 4.74 Å². The molecular weight excluding hydrogens is 434 g/mol. The smallest absolute Gasteiger partial charge is 0.307 e. The number of thioether (sulfide) groups is 1. The van der Waals surface area contributed by atoms with E-state index >= 15 is 0 Å². The molecule has 0 aliphatic rings. The van der Waals surface area contributed by atoms with Gasteiger partial charge in [0, 0.05) is 28.6 Å². The van der Waals surface area contributed by atoms with E-state index in [2.05, 4.69) is 10.3 Å². The molecule has 1 unspecified atom stereocenters. The van der Waals surface area contributed by atoms with Crippen LogP contribution in [0.25, 0.3) is 5.65 Å².